The van der Waals surface area contributed by atoms with E-state index in [-0.39, 0.29) is 0 Å². The zero-order chi connectivity index (χ0) is 14.8. The molecule has 3 aromatic rings. The van der Waals surface area contributed by atoms with E-state index in [1.54, 1.807) is 12.5 Å². The average molecular weight is 363 g/mol. The highest BCUT2D eigenvalue weighted by Crippen LogP contribution is 2.35. The van der Waals surface area contributed by atoms with Gasteiger partial charge in [0.15, 0.2) is 0 Å². The molecule has 0 saturated carbocycles. The van der Waals surface area contributed by atoms with Crippen molar-refractivity contribution in [2.75, 3.05) is 0 Å². The van der Waals surface area contributed by atoms with E-state index in [0.717, 1.165) is 32.3 Å². The van der Waals surface area contributed by atoms with Crippen LogP contribution in [0.2, 0.25) is 0 Å². The van der Waals surface area contributed by atoms with Crippen molar-refractivity contribution in [2.24, 2.45) is 0 Å². The van der Waals surface area contributed by atoms with Crippen LogP contribution in [-0.2, 0) is 5.88 Å². The van der Waals surface area contributed by atoms with Gasteiger partial charge in [-0.1, -0.05) is 28.1 Å². The molecule has 0 N–H and O–H groups in total. The summed E-state index contributed by atoms with van der Waals surface area (Å²) in [7, 11) is 0. The summed E-state index contributed by atoms with van der Waals surface area (Å²) in [6.07, 6.45) is 3.25. The number of hydrogen-bond donors (Lipinski definition) is 0. The number of benzene rings is 2. The van der Waals surface area contributed by atoms with Crippen molar-refractivity contribution < 1.29 is 4.42 Å². The summed E-state index contributed by atoms with van der Waals surface area (Å²) in [5.74, 6) is 1.10. The molecule has 106 valence electrons. The van der Waals surface area contributed by atoms with Gasteiger partial charge in [-0.05, 0) is 53.4 Å². The average Bonchev–Trinajstić information content (AvgIpc) is 3.01. The van der Waals surface area contributed by atoms with Crippen LogP contribution in [0.4, 0.5) is 0 Å². The SMILES string of the molecule is Cc1cc(-c2ncco2)c(-c2cccc(Br)c2)cc1CCl. The molecule has 0 aliphatic heterocycles. The van der Waals surface area contributed by atoms with Gasteiger partial charge < -0.3 is 4.42 Å². The van der Waals surface area contributed by atoms with Crippen LogP contribution in [0.5, 0.6) is 0 Å². The number of oxazole rings is 1. The number of aryl methyl sites for hydroxylation is 1. The van der Waals surface area contributed by atoms with Gasteiger partial charge in [-0.15, -0.1) is 11.6 Å². The van der Waals surface area contributed by atoms with Crippen LogP contribution in [-0.4, -0.2) is 4.98 Å². The molecule has 1 heterocycles. The fourth-order valence-electron chi connectivity index (χ4n) is 2.32. The number of halogens is 2. The molecule has 0 spiro atoms. The second-order valence-corrected chi connectivity index (χ2v) is 5.99. The maximum Gasteiger partial charge on any atom is 0.226 e. The van der Waals surface area contributed by atoms with Crippen molar-refractivity contribution >= 4 is 27.5 Å². The van der Waals surface area contributed by atoms with Gasteiger partial charge >= 0.3 is 0 Å². The van der Waals surface area contributed by atoms with Crippen molar-refractivity contribution in [3.8, 4) is 22.6 Å². The topological polar surface area (TPSA) is 26.0 Å². The number of hydrogen-bond acceptors (Lipinski definition) is 2. The molecule has 0 radical (unpaired) electrons. The third kappa shape index (κ3) is 2.89. The first-order valence-electron chi connectivity index (χ1n) is 6.54. The molecule has 2 aromatic carbocycles. The Labute approximate surface area is 136 Å². The first-order valence-corrected chi connectivity index (χ1v) is 7.87. The summed E-state index contributed by atoms with van der Waals surface area (Å²) >= 11 is 9.57. The third-order valence-electron chi connectivity index (χ3n) is 3.42. The highest BCUT2D eigenvalue weighted by molar-refractivity contribution is 9.10. The van der Waals surface area contributed by atoms with Gasteiger partial charge in [0, 0.05) is 15.9 Å². The minimum atomic E-state index is 0.485. The zero-order valence-electron chi connectivity index (χ0n) is 11.4. The highest BCUT2D eigenvalue weighted by Gasteiger charge is 2.14. The van der Waals surface area contributed by atoms with E-state index in [0.29, 0.717) is 11.8 Å². The van der Waals surface area contributed by atoms with Crippen molar-refractivity contribution in [2.45, 2.75) is 12.8 Å². The fraction of sp³-hybridized carbons (Fsp3) is 0.118. The Morgan fingerprint density at radius 1 is 1.19 bits per heavy atom. The summed E-state index contributed by atoms with van der Waals surface area (Å²) in [5, 5.41) is 0. The molecule has 21 heavy (non-hydrogen) atoms. The standard InChI is InChI=1S/C17H13BrClNO/c1-11-7-16(17-20-5-6-21-17)15(9-13(11)10-19)12-3-2-4-14(18)8-12/h2-9H,10H2,1H3. The van der Waals surface area contributed by atoms with E-state index >= 15 is 0 Å². The van der Waals surface area contributed by atoms with Crippen LogP contribution < -0.4 is 0 Å². The first kappa shape index (κ1) is 14.4. The number of alkyl halides is 1. The van der Waals surface area contributed by atoms with Gasteiger partial charge in [-0.3, -0.25) is 0 Å². The van der Waals surface area contributed by atoms with Crippen LogP contribution >= 0.6 is 27.5 Å². The van der Waals surface area contributed by atoms with Gasteiger partial charge in [0.2, 0.25) is 5.89 Å². The van der Waals surface area contributed by atoms with E-state index in [1.165, 1.54) is 0 Å². The van der Waals surface area contributed by atoms with Gasteiger partial charge in [0.05, 0.1) is 6.20 Å². The van der Waals surface area contributed by atoms with Crippen LogP contribution in [0.3, 0.4) is 0 Å². The normalized spacial score (nSPS) is 10.8. The molecule has 0 fully saturated rings. The van der Waals surface area contributed by atoms with E-state index in [1.807, 2.05) is 12.1 Å². The van der Waals surface area contributed by atoms with E-state index in [4.69, 9.17) is 16.0 Å². The predicted octanol–water partition coefficient (Wildman–Crippen LogP) is 5.82. The monoisotopic (exact) mass is 361 g/mol. The summed E-state index contributed by atoms with van der Waals surface area (Å²) in [5.41, 5.74) is 5.40. The quantitative estimate of drug-likeness (QED) is 0.549. The Kier molecular flexibility index (Phi) is 4.13. The summed E-state index contributed by atoms with van der Waals surface area (Å²) in [6.45, 7) is 2.05. The Morgan fingerprint density at radius 2 is 2.05 bits per heavy atom. The Hall–Kier alpha value is -1.58. The smallest absolute Gasteiger partial charge is 0.226 e. The molecule has 2 nitrogen and oxygen atoms in total. The van der Waals surface area contributed by atoms with Crippen molar-refractivity contribution in [1.82, 2.24) is 4.98 Å². The largest absolute Gasteiger partial charge is 0.445 e. The van der Waals surface area contributed by atoms with Gasteiger partial charge in [-0.2, -0.15) is 0 Å². The molecule has 0 bridgehead atoms. The minimum Gasteiger partial charge on any atom is -0.445 e. The minimum absolute atomic E-state index is 0.485. The van der Waals surface area contributed by atoms with Gasteiger partial charge in [0.25, 0.3) is 0 Å². The fourth-order valence-corrected chi connectivity index (χ4v) is 3.01. The predicted molar refractivity (Wildman–Crippen MR) is 89.4 cm³/mol. The second kappa shape index (κ2) is 6.04. The van der Waals surface area contributed by atoms with E-state index in [9.17, 15) is 0 Å². The molecule has 4 heteroatoms. The number of rotatable bonds is 3. The molecule has 1 aromatic heterocycles. The Morgan fingerprint density at radius 3 is 2.71 bits per heavy atom. The molecule has 0 aliphatic rings. The lowest BCUT2D eigenvalue weighted by Crippen LogP contribution is -1.92. The van der Waals surface area contributed by atoms with Crippen molar-refractivity contribution in [3.63, 3.8) is 0 Å². The Balaban J connectivity index is 2.26. The molecule has 0 amide bonds. The lowest BCUT2D eigenvalue weighted by atomic mass is 9.94. The highest BCUT2D eigenvalue weighted by atomic mass is 79.9. The van der Waals surface area contributed by atoms with Crippen LogP contribution in [0.15, 0.2) is 57.7 Å². The third-order valence-corrected chi connectivity index (χ3v) is 4.20. The summed E-state index contributed by atoms with van der Waals surface area (Å²) < 4.78 is 6.52. The van der Waals surface area contributed by atoms with Crippen LogP contribution in [0, 0.1) is 6.92 Å². The lowest BCUT2D eigenvalue weighted by molar-refractivity contribution is 0.574. The number of aromatic nitrogens is 1. The zero-order valence-corrected chi connectivity index (χ0v) is 13.8. The lowest BCUT2D eigenvalue weighted by Gasteiger charge is -2.12. The van der Waals surface area contributed by atoms with E-state index < -0.39 is 0 Å². The van der Waals surface area contributed by atoms with E-state index in [2.05, 4.69) is 52.1 Å². The molecule has 0 aliphatic carbocycles. The number of nitrogens with zero attached hydrogens (tertiary/aromatic N) is 1. The molecule has 0 unspecified atom stereocenters. The molecule has 3 rings (SSSR count). The summed E-state index contributed by atoms with van der Waals surface area (Å²) in [6, 6.07) is 12.4. The molecular weight excluding hydrogens is 350 g/mol. The molecular formula is C17H13BrClNO. The van der Waals surface area contributed by atoms with Gasteiger partial charge in [0.1, 0.15) is 6.26 Å². The van der Waals surface area contributed by atoms with Crippen LogP contribution in [0.25, 0.3) is 22.6 Å². The maximum atomic E-state index is 6.05. The first-order chi connectivity index (χ1) is 10.2. The maximum absolute atomic E-state index is 6.05. The summed E-state index contributed by atoms with van der Waals surface area (Å²) in [4.78, 5) is 4.28. The van der Waals surface area contributed by atoms with Crippen LogP contribution in [0.1, 0.15) is 11.1 Å². The molecule has 0 saturated heterocycles. The Bertz CT molecular complexity index is 768. The van der Waals surface area contributed by atoms with Crippen molar-refractivity contribution in [3.05, 3.63) is 64.5 Å². The van der Waals surface area contributed by atoms with Gasteiger partial charge in [-0.25, -0.2) is 4.98 Å². The van der Waals surface area contributed by atoms with Crippen molar-refractivity contribution in [1.29, 1.82) is 0 Å². The molecule has 0 atom stereocenters. The second-order valence-electron chi connectivity index (χ2n) is 4.81.